The summed E-state index contributed by atoms with van der Waals surface area (Å²) in [6.45, 7) is 0. The first-order valence-corrected chi connectivity index (χ1v) is 6.09. The molecular formula is C12H4Cl4. The van der Waals surface area contributed by atoms with Crippen LogP contribution in [0.5, 0.6) is 0 Å². The van der Waals surface area contributed by atoms with E-state index in [0.717, 1.165) is 22.3 Å². The lowest BCUT2D eigenvalue weighted by Crippen LogP contribution is -2.02. The molecule has 2 aromatic carbocycles. The van der Waals surface area contributed by atoms with Crippen molar-refractivity contribution in [3.8, 4) is 22.3 Å². The topological polar surface area (TPSA) is 0 Å². The standard InChI is InChI=1S/C12H4Cl4/c13-5-1-2-6(14)10-9(5)11-7(15)3-4-8(16)12(10)11/h1-4H. The first-order valence-electron chi connectivity index (χ1n) is 4.58. The maximum atomic E-state index is 6.13. The summed E-state index contributed by atoms with van der Waals surface area (Å²) in [5.74, 6) is 0. The van der Waals surface area contributed by atoms with Crippen LogP contribution in [0.4, 0.5) is 0 Å². The van der Waals surface area contributed by atoms with Crippen molar-refractivity contribution in [2.24, 2.45) is 0 Å². The zero-order valence-electron chi connectivity index (χ0n) is 7.82. The molecule has 1 aliphatic carbocycles. The highest BCUT2D eigenvalue weighted by Crippen LogP contribution is 2.58. The Hall–Kier alpha value is -0.400. The molecule has 0 saturated heterocycles. The molecular weight excluding hydrogens is 286 g/mol. The molecule has 0 atom stereocenters. The normalized spacial score (nSPS) is 11.8. The van der Waals surface area contributed by atoms with Crippen LogP contribution in [0, 0.1) is 0 Å². The number of benzene rings is 2. The van der Waals surface area contributed by atoms with Crippen molar-refractivity contribution >= 4 is 46.4 Å². The second-order valence-electron chi connectivity index (χ2n) is 3.56. The van der Waals surface area contributed by atoms with E-state index in [4.69, 9.17) is 46.4 Å². The van der Waals surface area contributed by atoms with E-state index in [-0.39, 0.29) is 0 Å². The maximum Gasteiger partial charge on any atom is 0.0492 e. The third-order valence-corrected chi connectivity index (χ3v) is 3.97. The summed E-state index contributed by atoms with van der Waals surface area (Å²) in [6, 6.07) is 7.07. The van der Waals surface area contributed by atoms with Crippen molar-refractivity contribution in [1.82, 2.24) is 0 Å². The molecule has 1 aliphatic rings. The van der Waals surface area contributed by atoms with Crippen LogP contribution >= 0.6 is 46.4 Å². The zero-order valence-corrected chi connectivity index (χ0v) is 10.8. The van der Waals surface area contributed by atoms with Gasteiger partial charge >= 0.3 is 0 Å². The SMILES string of the molecule is Clc1ccc(Cl)c2c1-c1c(Cl)ccc(Cl)c1-2. The van der Waals surface area contributed by atoms with Gasteiger partial charge in [0.2, 0.25) is 0 Å². The van der Waals surface area contributed by atoms with E-state index in [2.05, 4.69) is 0 Å². The Morgan fingerprint density at radius 3 is 0.812 bits per heavy atom. The van der Waals surface area contributed by atoms with E-state index < -0.39 is 0 Å². The molecule has 4 heteroatoms. The first kappa shape index (κ1) is 10.7. The summed E-state index contributed by atoms with van der Waals surface area (Å²) in [7, 11) is 0. The average molecular weight is 290 g/mol. The van der Waals surface area contributed by atoms with Crippen molar-refractivity contribution < 1.29 is 0 Å². The Morgan fingerprint density at radius 2 is 0.625 bits per heavy atom. The fourth-order valence-electron chi connectivity index (χ4n) is 2.02. The van der Waals surface area contributed by atoms with Crippen molar-refractivity contribution in [1.29, 1.82) is 0 Å². The minimum absolute atomic E-state index is 0.649. The van der Waals surface area contributed by atoms with Gasteiger partial charge < -0.3 is 0 Å². The lowest BCUT2D eigenvalue weighted by molar-refractivity contribution is 1.52. The quantitative estimate of drug-likeness (QED) is 0.480. The number of hydrogen-bond donors (Lipinski definition) is 0. The van der Waals surface area contributed by atoms with E-state index in [1.807, 2.05) is 0 Å². The molecule has 0 heterocycles. The third kappa shape index (κ3) is 1.25. The number of rotatable bonds is 0. The highest BCUT2D eigenvalue weighted by molar-refractivity contribution is 6.46. The Kier molecular flexibility index (Phi) is 2.38. The van der Waals surface area contributed by atoms with Crippen molar-refractivity contribution in [2.75, 3.05) is 0 Å². The minimum atomic E-state index is 0.649. The van der Waals surface area contributed by atoms with Gasteiger partial charge in [0.1, 0.15) is 0 Å². The Labute approximate surface area is 113 Å². The van der Waals surface area contributed by atoms with E-state index >= 15 is 0 Å². The van der Waals surface area contributed by atoms with Gasteiger partial charge in [-0.2, -0.15) is 0 Å². The van der Waals surface area contributed by atoms with Crippen molar-refractivity contribution in [3.05, 3.63) is 44.4 Å². The van der Waals surface area contributed by atoms with Gasteiger partial charge in [0.15, 0.2) is 0 Å². The molecule has 0 bridgehead atoms. The first-order chi connectivity index (χ1) is 7.61. The lowest BCUT2D eigenvalue weighted by atomic mass is 9.80. The summed E-state index contributed by atoms with van der Waals surface area (Å²) in [6.07, 6.45) is 0. The van der Waals surface area contributed by atoms with E-state index in [1.165, 1.54) is 0 Å². The highest BCUT2D eigenvalue weighted by atomic mass is 35.5. The van der Waals surface area contributed by atoms with Crippen LogP contribution in [0.2, 0.25) is 20.1 Å². The molecule has 0 saturated carbocycles. The maximum absolute atomic E-state index is 6.13. The summed E-state index contributed by atoms with van der Waals surface area (Å²) >= 11 is 24.5. The smallest absolute Gasteiger partial charge is 0.0492 e. The van der Waals surface area contributed by atoms with Crippen LogP contribution in [-0.4, -0.2) is 0 Å². The monoisotopic (exact) mass is 288 g/mol. The third-order valence-electron chi connectivity index (χ3n) is 2.71. The Morgan fingerprint density at radius 1 is 0.438 bits per heavy atom. The van der Waals surface area contributed by atoms with Crippen LogP contribution in [0.3, 0.4) is 0 Å². The molecule has 0 N–H and O–H groups in total. The molecule has 0 nitrogen and oxygen atoms in total. The molecule has 16 heavy (non-hydrogen) atoms. The van der Waals surface area contributed by atoms with Gasteiger partial charge in [0.25, 0.3) is 0 Å². The molecule has 0 unspecified atom stereocenters. The van der Waals surface area contributed by atoms with Gasteiger partial charge in [0.05, 0.1) is 0 Å². The highest BCUT2D eigenvalue weighted by Gasteiger charge is 2.31. The van der Waals surface area contributed by atoms with Crippen molar-refractivity contribution in [3.63, 3.8) is 0 Å². The van der Waals surface area contributed by atoms with Gasteiger partial charge in [-0.3, -0.25) is 0 Å². The fraction of sp³-hybridized carbons (Fsp3) is 0. The molecule has 0 amide bonds. The summed E-state index contributed by atoms with van der Waals surface area (Å²) < 4.78 is 0. The molecule has 0 spiro atoms. The van der Waals surface area contributed by atoms with Crippen LogP contribution in [-0.2, 0) is 0 Å². The van der Waals surface area contributed by atoms with Gasteiger partial charge in [-0.1, -0.05) is 46.4 Å². The largest absolute Gasteiger partial charge is 0.0836 e. The number of halogens is 4. The molecule has 80 valence electrons. The Balaban J connectivity index is 2.42. The molecule has 3 rings (SSSR count). The predicted octanol–water partition coefficient (Wildman–Crippen LogP) is 5.95. The second kappa shape index (κ2) is 3.54. The van der Waals surface area contributed by atoms with Crippen LogP contribution < -0.4 is 0 Å². The molecule has 0 fully saturated rings. The summed E-state index contributed by atoms with van der Waals surface area (Å²) in [5, 5.41) is 2.60. The van der Waals surface area contributed by atoms with E-state index in [0.29, 0.717) is 20.1 Å². The van der Waals surface area contributed by atoms with E-state index in [1.54, 1.807) is 24.3 Å². The predicted molar refractivity (Wildman–Crippen MR) is 70.9 cm³/mol. The van der Waals surface area contributed by atoms with Crippen molar-refractivity contribution in [2.45, 2.75) is 0 Å². The van der Waals surface area contributed by atoms with E-state index in [9.17, 15) is 0 Å². The van der Waals surface area contributed by atoms with Gasteiger partial charge in [-0.05, 0) is 24.3 Å². The van der Waals surface area contributed by atoms with Gasteiger partial charge in [-0.15, -0.1) is 0 Å². The van der Waals surface area contributed by atoms with Crippen LogP contribution in [0.1, 0.15) is 0 Å². The average Bonchev–Trinajstić information content (AvgIpc) is 2.19. The van der Waals surface area contributed by atoms with Gasteiger partial charge in [0, 0.05) is 42.3 Å². The Bertz CT molecular complexity index is 493. The molecule has 0 aromatic heterocycles. The molecule has 0 aliphatic heterocycles. The fourth-order valence-corrected chi connectivity index (χ4v) is 3.03. The second-order valence-corrected chi connectivity index (χ2v) is 5.19. The molecule has 0 radical (unpaired) electrons. The summed E-state index contributed by atoms with van der Waals surface area (Å²) in [5.41, 5.74) is 3.60. The minimum Gasteiger partial charge on any atom is -0.0836 e. The summed E-state index contributed by atoms with van der Waals surface area (Å²) in [4.78, 5) is 0. The van der Waals surface area contributed by atoms with Crippen LogP contribution in [0.15, 0.2) is 24.3 Å². The van der Waals surface area contributed by atoms with Gasteiger partial charge in [-0.25, -0.2) is 0 Å². The zero-order chi connectivity index (χ0) is 11.4. The number of hydrogen-bond acceptors (Lipinski definition) is 0. The lowest BCUT2D eigenvalue weighted by Gasteiger charge is -2.28. The molecule has 2 aromatic rings. The van der Waals surface area contributed by atoms with Crippen LogP contribution in [0.25, 0.3) is 22.3 Å². The number of fused-ring (bicyclic) bond motifs is 4.